The number of aromatic nitrogens is 1. The predicted octanol–water partition coefficient (Wildman–Crippen LogP) is 6.30. The average Bonchev–Trinajstić information content (AvgIpc) is 2.70. The van der Waals surface area contributed by atoms with Crippen LogP contribution in [-0.2, 0) is 24.8 Å². The Balaban J connectivity index is 1.76. The van der Waals surface area contributed by atoms with Crippen LogP contribution in [0.25, 0.3) is 10.8 Å². The van der Waals surface area contributed by atoms with Crippen molar-refractivity contribution in [2.24, 2.45) is 0 Å². The largest absolute Gasteiger partial charge is 0.418 e. The highest BCUT2D eigenvalue weighted by atomic mass is 32.2. The SMILES string of the molecule is N#Cc1c(SCc2cccc3ccccc23)nc2c(c1C(F)(F)F)CCCC2. The molecule has 0 saturated carbocycles. The van der Waals surface area contributed by atoms with Crippen LogP contribution < -0.4 is 0 Å². The van der Waals surface area contributed by atoms with Gasteiger partial charge >= 0.3 is 6.18 Å². The minimum atomic E-state index is -4.55. The van der Waals surface area contributed by atoms with E-state index in [-0.39, 0.29) is 16.2 Å². The maximum atomic E-state index is 13.8. The molecule has 0 aliphatic heterocycles. The van der Waals surface area contributed by atoms with Crippen molar-refractivity contribution in [1.82, 2.24) is 4.98 Å². The van der Waals surface area contributed by atoms with E-state index in [9.17, 15) is 18.4 Å². The first-order valence-corrected chi connectivity index (χ1v) is 10.1. The fourth-order valence-electron chi connectivity index (χ4n) is 3.80. The van der Waals surface area contributed by atoms with Gasteiger partial charge in [-0.1, -0.05) is 42.5 Å². The highest BCUT2D eigenvalue weighted by molar-refractivity contribution is 7.98. The van der Waals surface area contributed by atoms with Gasteiger partial charge in [0, 0.05) is 11.4 Å². The number of alkyl halides is 3. The molecule has 0 saturated heterocycles. The molecule has 6 heteroatoms. The maximum absolute atomic E-state index is 13.8. The highest BCUT2D eigenvalue weighted by Gasteiger charge is 2.39. The zero-order valence-electron chi connectivity index (χ0n) is 15.0. The fourth-order valence-corrected chi connectivity index (χ4v) is 4.81. The van der Waals surface area contributed by atoms with E-state index in [1.54, 1.807) is 6.07 Å². The average molecular weight is 398 g/mol. The summed E-state index contributed by atoms with van der Waals surface area (Å²) in [5.41, 5.74) is 0.612. The Morgan fingerprint density at radius 2 is 1.79 bits per heavy atom. The van der Waals surface area contributed by atoms with Gasteiger partial charge in [-0.3, -0.25) is 0 Å². The number of aryl methyl sites for hydroxylation is 1. The molecule has 1 heterocycles. The lowest BCUT2D eigenvalue weighted by Crippen LogP contribution is -2.19. The summed E-state index contributed by atoms with van der Waals surface area (Å²) in [5, 5.41) is 11.9. The van der Waals surface area contributed by atoms with Crippen LogP contribution in [0.4, 0.5) is 13.2 Å². The van der Waals surface area contributed by atoms with Gasteiger partial charge in [0.05, 0.1) is 11.1 Å². The van der Waals surface area contributed by atoms with Gasteiger partial charge in [-0.05, 0) is 47.6 Å². The van der Waals surface area contributed by atoms with Crippen LogP contribution >= 0.6 is 11.8 Å². The Labute approximate surface area is 165 Å². The maximum Gasteiger partial charge on any atom is 0.418 e. The van der Waals surface area contributed by atoms with E-state index < -0.39 is 11.7 Å². The van der Waals surface area contributed by atoms with Gasteiger partial charge in [0.25, 0.3) is 0 Å². The van der Waals surface area contributed by atoms with E-state index in [2.05, 4.69) is 4.98 Å². The van der Waals surface area contributed by atoms with Crippen LogP contribution in [0.3, 0.4) is 0 Å². The number of hydrogen-bond acceptors (Lipinski definition) is 3. The van der Waals surface area contributed by atoms with Crippen LogP contribution in [0.2, 0.25) is 0 Å². The van der Waals surface area contributed by atoms with Crippen molar-refractivity contribution in [3.63, 3.8) is 0 Å². The van der Waals surface area contributed by atoms with Crippen LogP contribution in [0, 0.1) is 11.3 Å². The summed E-state index contributed by atoms with van der Waals surface area (Å²) in [6.07, 6.45) is -2.15. The number of hydrogen-bond donors (Lipinski definition) is 0. The van der Waals surface area contributed by atoms with E-state index in [1.165, 1.54) is 11.8 Å². The minimum absolute atomic E-state index is 0.184. The molecule has 142 valence electrons. The first-order valence-electron chi connectivity index (χ1n) is 9.11. The molecule has 0 bridgehead atoms. The monoisotopic (exact) mass is 398 g/mol. The summed E-state index contributed by atoms with van der Waals surface area (Å²) in [5.74, 6) is 0.457. The zero-order valence-corrected chi connectivity index (χ0v) is 15.8. The molecule has 0 amide bonds. The first kappa shape index (κ1) is 18.8. The second-order valence-corrected chi connectivity index (χ2v) is 7.80. The molecule has 2 aromatic carbocycles. The fraction of sp³-hybridized carbons (Fsp3) is 0.273. The van der Waals surface area contributed by atoms with Crippen LogP contribution in [0.5, 0.6) is 0 Å². The molecule has 0 atom stereocenters. The van der Waals surface area contributed by atoms with Crippen molar-refractivity contribution < 1.29 is 13.2 Å². The Morgan fingerprint density at radius 1 is 1.04 bits per heavy atom. The highest BCUT2D eigenvalue weighted by Crippen LogP contribution is 2.41. The quantitative estimate of drug-likeness (QED) is 0.486. The molecule has 4 rings (SSSR count). The summed E-state index contributed by atoms with van der Waals surface area (Å²) in [7, 11) is 0. The van der Waals surface area contributed by atoms with E-state index in [1.807, 2.05) is 42.5 Å². The van der Waals surface area contributed by atoms with E-state index in [0.29, 0.717) is 30.7 Å². The number of halogens is 3. The van der Waals surface area contributed by atoms with Gasteiger partial charge in [0.2, 0.25) is 0 Å². The number of pyridine rings is 1. The van der Waals surface area contributed by atoms with Gasteiger partial charge in [0.15, 0.2) is 0 Å². The third kappa shape index (κ3) is 3.47. The van der Waals surface area contributed by atoms with Gasteiger partial charge in [-0.2, -0.15) is 18.4 Å². The molecule has 0 fully saturated rings. The molecule has 0 N–H and O–H groups in total. The number of rotatable bonds is 3. The van der Waals surface area contributed by atoms with Crippen LogP contribution in [-0.4, -0.2) is 4.98 Å². The molecule has 1 aliphatic carbocycles. The Kier molecular flexibility index (Phi) is 5.03. The second kappa shape index (κ2) is 7.48. The van der Waals surface area contributed by atoms with Crippen molar-refractivity contribution in [1.29, 1.82) is 5.26 Å². The van der Waals surface area contributed by atoms with Gasteiger partial charge in [0.1, 0.15) is 11.1 Å². The lowest BCUT2D eigenvalue weighted by atomic mass is 9.90. The minimum Gasteiger partial charge on any atom is -0.245 e. The predicted molar refractivity (Wildman–Crippen MR) is 104 cm³/mol. The summed E-state index contributed by atoms with van der Waals surface area (Å²) in [6, 6.07) is 15.6. The molecule has 0 unspecified atom stereocenters. The number of fused-ring (bicyclic) bond motifs is 2. The molecular weight excluding hydrogens is 381 g/mol. The number of nitriles is 1. The van der Waals surface area contributed by atoms with Crippen LogP contribution in [0.15, 0.2) is 47.5 Å². The standard InChI is InChI=1S/C22H17F3N2S/c23-22(24,25)20-17-10-3-4-11-19(17)27-21(18(20)12-26)28-13-15-8-5-7-14-6-1-2-9-16(14)15/h1-2,5-9H,3-4,10-11,13H2. The molecule has 0 radical (unpaired) electrons. The summed E-state index contributed by atoms with van der Waals surface area (Å²) < 4.78 is 41.4. The molecular formula is C22H17F3N2S. The lowest BCUT2D eigenvalue weighted by Gasteiger charge is -2.23. The third-order valence-electron chi connectivity index (χ3n) is 5.08. The topological polar surface area (TPSA) is 36.7 Å². The summed E-state index contributed by atoms with van der Waals surface area (Å²) >= 11 is 1.21. The molecule has 2 nitrogen and oxygen atoms in total. The third-order valence-corrected chi connectivity index (χ3v) is 6.10. The van der Waals surface area contributed by atoms with Crippen molar-refractivity contribution in [3.05, 3.63) is 70.4 Å². The van der Waals surface area contributed by atoms with Crippen molar-refractivity contribution >= 4 is 22.5 Å². The molecule has 1 aliphatic rings. The van der Waals surface area contributed by atoms with Gasteiger partial charge in [-0.25, -0.2) is 4.98 Å². The lowest BCUT2D eigenvalue weighted by molar-refractivity contribution is -0.138. The Morgan fingerprint density at radius 3 is 2.57 bits per heavy atom. The van der Waals surface area contributed by atoms with Gasteiger partial charge < -0.3 is 0 Å². The van der Waals surface area contributed by atoms with Crippen molar-refractivity contribution in [2.75, 3.05) is 0 Å². The molecule has 3 aromatic rings. The molecule has 1 aromatic heterocycles. The summed E-state index contributed by atoms with van der Waals surface area (Å²) in [6.45, 7) is 0. The van der Waals surface area contributed by atoms with E-state index in [0.717, 1.165) is 22.8 Å². The Bertz CT molecular complexity index is 1080. The van der Waals surface area contributed by atoms with E-state index in [4.69, 9.17) is 0 Å². The Hall–Kier alpha value is -2.52. The normalized spacial score (nSPS) is 13.9. The molecule has 28 heavy (non-hydrogen) atoms. The number of nitrogens with zero attached hydrogens (tertiary/aromatic N) is 2. The van der Waals surface area contributed by atoms with Crippen molar-refractivity contribution in [2.45, 2.75) is 42.6 Å². The summed E-state index contributed by atoms with van der Waals surface area (Å²) in [4.78, 5) is 4.49. The first-order chi connectivity index (χ1) is 13.5. The smallest absolute Gasteiger partial charge is 0.245 e. The number of thioether (sulfide) groups is 1. The number of benzene rings is 2. The van der Waals surface area contributed by atoms with Gasteiger partial charge in [-0.15, -0.1) is 11.8 Å². The zero-order chi connectivity index (χ0) is 19.7. The van der Waals surface area contributed by atoms with E-state index >= 15 is 0 Å². The molecule has 0 spiro atoms. The van der Waals surface area contributed by atoms with Crippen LogP contribution in [0.1, 0.15) is 40.8 Å². The van der Waals surface area contributed by atoms with Crippen molar-refractivity contribution in [3.8, 4) is 6.07 Å². The second-order valence-electron chi connectivity index (χ2n) is 6.84.